The zero-order valence-electron chi connectivity index (χ0n) is 7.84. The molecule has 4 rings (SSSR count). The van der Waals surface area contributed by atoms with E-state index in [1.165, 1.54) is 45.1 Å². The third kappa shape index (κ3) is 0.953. The van der Waals surface area contributed by atoms with E-state index >= 15 is 0 Å². The van der Waals surface area contributed by atoms with Crippen molar-refractivity contribution in [2.24, 2.45) is 5.92 Å². The van der Waals surface area contributed by atoms with Crippen molar-refractivity contribution in [2.45, 2.75) is 57.0 Å². The maximum Gasteiger partial charge on any atom is 0.0127 e. The van der Waals surface area contributed by atoms with Crippen LogP contribution in [0.4, 0.5) is 0 Å². The fourth-order valence-corrected chi connectivity index (χ4v) is 3.80. The molecule has 0 aromatic carbocycles. The Morgan fingerprint density at radius 1 is 0.833 bits per heavy atom. The zero-order valence-corrected chi connectivity index (χ0v) is 7.84. The fraction of sp³-hybridized carbons (Fsp3) is 1.00. The van der Waals surface area contributed by atoms with Crippen LogP contribution < -0.4 is 0 Å². The summed E-state index contributed by atoms with van der Waals surface area (Å²) < 4.78 is 0. The van der Waals surface area contributed by atoms with E-state index in [0.29, 0.717) is 0 Å². The molecule has 3 unspecified atom stereocenters. The molecule has 3 atom stereocenters. The normalized spacial score (nSPS) is 47.5. The van der Waals surface area contributed by atoms with E-state index in [1.54, 1.807) is 6.42 Å². The van der Waals surface area contributed by atoms with Crippen LogP contribution in [-0.4, -0.2) is 23.5 Å². The topological polar surface area (TPSA) is 3.24 Å². The van der Waals surface area contributed by atoms with Gasteiger partial charge in [-0.25, -0.2) is 0 Å². The minimum absolute atomic E-state index is 0.997. The molecule has 0 N–H and O–H groups in total. The highest BCUT2D eigenvalue weighted by molar-refractivity contribution is 4.96. The van der Waals surface area contributed by atoms with Crippen molar-refractivity contribution in [1.82, 2.24) is 4.90 Å². The number of rotatable bonds is 0. The highest BCUT2D eigenvalue weighted by Crippen LogP contribution is 2.42. The monoisotopic (exact) mass is 165 g/mol. The van der Waals surface area contributed by atoms with Crippen LogP contribution in [0.5, 0.6) is 0 Å². The molecule has 2 bridgehead atoms. The van der Waals surface area contributed by atoms with Crippen molar-refractivity contribution in [3.8, 4) is 0 Å². The summed E-state index contributed by atoms with van der Waals surface area (Å²) in [5.74, 6) is 1.09. The van der Waals surface area contributed by atoms with Crippen LogP contribution in [-0.2, 0) is 0 Å². The molecular weight excluding hydrogens is 146 g/mol. The standard InChI is InChI=1S/C11H19N/c1-3-9-6-7-10(4-1)12-8-2-5-11(9)12/h9-11H,1-8H2. The van der Waals surface area contributed by atoms with Crippen molar-refractivity contribution in [3.05, 3.63) is 0 Å². The molecule has 4 fully saturated rings. The highest BCUT2D eigenvalue weighted by Gasteiger charge is 2.41. The molecule has 1 aliphatic carbocycles. The summed E-state index contributed by atoms with van der Waals surface area (Å²) in [4.78, 5) is 2.85. The summed E-state index contributed by atoms with van der Waals surface area (Å²) in [7, 11) is 0. The van der Waals surface area contributed by atoms with Crippen molar-refractivity contribution < 1.29 is 0 Å². The van der Waals surface area contributed by atoms with E-state index < -0.39 is 0 Å². The first-order chi connectivity index (χ1) is 5.95. The van der Waals surface area contributed by atoms with Gasteiger partial charge in [-0.3, -0.25) is 4.90 Å². The van der Waals surface area contributed by atoms with Gasteiger partial charge in [-0.2, -0.15) is 0 Å². The highest BCUT2D eigenvalue weighted by atomic mass is 15.2. The van der Waals surface area contributed by atoms with Gasteiger partial charge in [-0.05, 0) is 51.0 Å². The molecule has 3 saturated heterocycles. The predicted molar refractivity (Wildman–Crippen MR) is 50.1 cm³/mol. The van der Waals surface area contributed by atoms with Crippen molar-refractivity contribution >= 4 is 0 Å². The maximum absolute atomic E-state index is 2.85. The molecule has 1 saturated carbocycles. The van der Waals surface area contributed by atoms with Gasteiger partial charge in [0.2, 0.25) is 0 Å². The van der Waals surface area contributed by atoms with Gasteiger partial charge < -0.3 is 0 Å². The number of nitrogens with zero attached hydrogens (tertiary/aromatic N) is 1. The third-order valence-electron chi connectivity index (χ3n) is 4.34. The van der Waals surface area contributed by atoms with Gasteiger partial charge in [0.15, 0.2) is 0 Å². The SMILES string of the molecule is C1CC2CCC(C1)N1CCCC21. The Bertz CT molecular complexity index is 156. The molecule has 1 nitrogen and oxygen atoms in total. The van der Waals surface area contributed by atoms with Gasteiger partial charge in [0.25, 0.3) is 0 Å². The molecule has 1 heteroatoms. The molecule has 4 aliphatic rings. The van der Waals surface area contributed by atoms with Gasteiger partial charge in [0.05, 0.1) is 0 Å². The van der Waals surface area contributed by atoms with Gasteiger partial charge in [-0.15, -0.1) is 0 Å². The Kier molecular flexibility index (Phi) is 1.68. The minimum Gasteiger partial charge on any atom is -0.297 e. The molecule has 0 radical (unpaired) electrons. The maximum atomic E-state index is 2.85. The lowest BCUT2D eigenvalue weighted by molar-refractivity contribution is 0.0916. The Labute approximate surface area is 75.1 Å². The Hall–Kier alpha value is -0.0400. The quantitative estimate of drug-likeness (QED) is 0.533. The van der Waals surface area contributed by atoms with Crippen molar-refractivity contribution in [1.29, 1.82) is 0 Å². The number of piperidine rings is 1. The molecule has 0 aromatic heterocycles. The van der Waals surface area contributed by atoms with Gasteiger partial charge in [0, 0.05) is 12.1 Å². The number of fused-ring (bicyclic) bond motifs is 3. The average Bonchev–Trinajstić information content (AvgIpc) is 2.40. The molecule has 3 aliphatic heterocycles. The van der Waals surface area contributed by atoms with Crippen molar-refractivity contribution in [2.75, 3.05) is 6.54 Å². The van der Waals surface area contributed by atoms with E-state index in [1.807, 2.05) is 0 Å². The molecule has 0 amide bonds. The van der Waals surface area contributed by atoms with Crippen LogP contribution in [0.25, 0.3) is 0 Å². The first kappa shape index (κ1) is 7.37. The second-order valence-corrected chi connectivity index (χ2v) is 4.87. The first-order valence-corrected chi connectivity index (χ1v) is 5.71. The first-order valence-electron chi connectivity index (χ1n) is 5.71. The number of hydrogen-bond acceptors (Lipinski definition) is 1. The van der Waals surface area contributed by atoms with E-state index in [9.17, 15) is 0 Å². The average molecular weight is 165 g/mol. The zero-order chi connectivity index (χ0) is 7.97. The van der Waals surface area contributed by atoms with Gasteiger partial charge in [0.1, 0.15) is 0 Å². The summed E-state index contributed by atoms with van der Waals surface area (Å²) in [6.07, 6.45) is 10.6. The summed E-state index contributed by atoms with van der Waals surface area (Å²) in [6, 6.07) is 2.02. The van der Waals surface area contributed by atoms with Crippen molar-refractivity contribution in [3.63, 3.8) is 0 Å². The lowest BCUT2D eigenvalue weighted by Gasteiger charge is -2.39. The Balaban J connectivity index is 1.89. The molecule has 12 heavy (non-hydrogen) atoms. The smallest absolute Gasteiger partial charge is 0.0127 e. The Morgan fingerprint density at radius 2 is 1.83 bits per heavy atom. The summed E-state index contributed by atoms with van der Waals surface area (Å²) in [5, 5.41) is 0. The summed E-state index contributed by atoms with van der Waals surface area (Å²) >= 11 is 0. The summed E-state index contributed by atoms with van der Waals surface area (Å²) in [5.41, 5.74) is 0. The minimum atomic E-state index is 0.997. The molecule has 3 heterocycles. The predicted octanol–water partition coefficient (Wildman–Crippen LogP) is 2.41. The second kappa shape index (κ2) is 2.73. The van der Waals surface area contributed by atoms with E-state index in [4.69, 9.17) is 0 Å². The number of hydrogen-bond donors (Lipinski definition) is 0. The molecule has 68 valence electrons. The lowest BCUT2D eigenvalue weighted by Crippen LogP contribution is -2.45. The fourth-order valence-electron chi connectivity index (χ4n) is 3.80. The summed E-state index contributed by atoms with van der Waals surface area (Å²) in [6.45, 7) is 1.42. The van der Waals surface area contributed by atoms with Crippen LogP contribution in [0.1, 0.15) is 44.9 Å². The van der Waals surface area contributed by atoms with Crippen LogP contribution >= 0.6 is 0 Å². The lowest BCUT2D eigenvalue weighted by atomic mass is 9.87. The van der Waals surface area contributed by atoms with Crippen LogP contribution in [0.3, 0.4) is 0 Å². The largest absolute Gasteiger partial charge is 0.297 e. The van der Waals surface area contributed by atoms with Crippen LogP contribution in [0.2, 0.25) is 0 Å². The van der Waals surface area contributed by atoms with E-state index in [2.05, 4.69) is 4.90 Å². The molecule has 0 aromatic rings. The van der Waals surface area contributed by atoms with E-state index in [-0.39, 0.29) is 0 Å². The van der Waals surface area contributed by atoms with Crippen LogP contribution in [0.15, 0.2) is 0 Å². The van der Waals surface area contributed by atoms with Gasteiger partial charge >= 0.3 is 0 Å². The molecule has 0 spiro atoms. The van der Waals surface area contributed by atoms with Gasteiger partial charge in [-0.1, -0.05) is 6.42 Å². The Morgan fingerprint density at radius 3 is 2.83 bits per heavy atom. The second-order valence-electron chi connectivity index (χ2n) is 4.87. The third-order valence-corrected chi connectivity index (χ3v) is 4.34. The van der Waals surface area contributed by atoms with Crippen LogP contribution in [0, 0.1) is 5.92 Å². The van der Waals surface area contributed by atoms with E-state index in [0.717, 1.165) is 18.0 Å². The molecular formula is C11H19N.